The zero-order chi connectivity index (χ0) is 20.5. The smallest absolute Gasteiger partial charge is 0.244 e. The first-order valence-corrected chi connectivity index (χ1v) is 11.7. The second kappa shape index (κ2) is 8.15. The van der Waals surface area contributed by atoms with Crippen LogP contribution in [0.2, 0.25) is 0 Å². The van der Waals surface area contributed by atoms with Gasteiger partial charge in [-0.2, -0.15) is 14.7 Å². The molecule has 1 aliphatic heterocycles. The van der Waals surface area contributed by atoms with Gasteiger partial charge in [-0.3, -0.25) is 0 Å². The number of anilines is 1. The van der Waals surface area contributed by atoms with Gasteiger partial charge in [0.2, 0.25) is 10.0 Å². The van der Waals surface area contributed by atoms with Gasteiger partial charge in [0.1, 0.15) is 11.6 Å². The number of aromatic nitrogens is 2. The van der Waals surface area contributed by atoms with E-state index in [4.69, 9.17) is 0 Å². The molecule has 9 heteroatoms. The van der Waals surface area contributed by atoms with E-state index in [9.17, 15) is 13.7 Å². The molecule has 0 unspecified atom stereocenters. The molecule has 0 amide bonds. The van der Waals surface area contributed by atoms with E-state index in [-0.39, 0.29) is 0 Å². The molecule has 7 nitrogen and oxygen atoms in total. The molecule has 0 N–H and O–H groups in total. The van der Waals surface area contributed by atoms with E-state index in [0.717, 1.165) is 33.9 Å². The molecule has 2 aromatic heterocycles. The summed E-state index contributed by atoms with van der Waals surface area (Å²) in [6, 6.07) is 4.04. The van der Waals surface area contributed by atoms with Crippen LogP contribution in [0.1, 0.15) is 40.4 Å². The van der Waals surface area contributed by atoms with E-state index in [1.165, 1.54) is 15.6 Å². The first-order valence-electron chi connectivity index (χ1n) is 9.44. The Kier molecular flexibility index (Phi) is 6.03. The third kappa shape index (κ3) is 3.64. The second-order valence-corrected chi connectivity index (χ2v) is 10.2. The third-order valence-electron chi connectivity index (χ3n) is 5.09. The van der Waals surface area contributed by atoms with Gasteiger partial charge < -0.3 is 4.90 Å². The molecule has 1 aliphatic rings. The first-order chi connectivity index (χ1) is 13.3. The van der Waals surface area contributed by atoms with E-state index in [0.29, 0.717) is 42.5 Å². The van der Waals surface area contributed by atoms with E-state index >= 15 is 0 Å². The minimum Gasteiger partial charge on any atom is -0.351 e. The van der Waals surface area contributed by atoms with Crippen molar-refractivity contribution in [3.63, 3.8) is 0 Å². The van der Waals surface area contributed by atoms with Crippen molar-refractivity contribution < 1.29 is 8.42 Å². The van der Waals surface area contributed by atoms with Crippen LogP contribution in [0.15, 0.2) is 11.0 Å². The monoisotopic (exact) mass is 419 g/mol. The largest absolute Gasteiger partial charge is 0.351 e. The molecule has 3 heterocycles. The average molecular weight is 420 g/mol. The number of nitriles is 1. The van der Waals surface area contributed by atoms with E-state index in [2.05, 4.69) is 16.3 Å². The summed E-state index contributed by atoms with van der Waals surface area (Å²) in [7, 11) is -3.50. The van der Waals surface area contributed by atoms with Crippen LogP contribution < -0.4 is 4.90 Å². The number of piperazine rings is 1. The maximum absolute atomic E-state index is 13.0. The summed E-state index contributed by atoms with van der Waals surface area (Å²) in [5, 5.41) is 18.3. The van der Waals surface area contributed by atoms with Crippen molar-refractivity contribution in [2.75, 3.05) is 31.1 Å². The van der Waals surface area contributed by atoms with Gasteiger partial charge in [-0.25, -0.2) is 8.42 Å². The Morgan fingerprint density at radius 2 is 1.82 bits per heavy atom. The minimum absolute atomic E-state index is 0.361. The summed E-state index contributed by atoms with van der Waals surface area (Å²) in [5.74, 6) is 0.566. The fourth-order valence-corrected chi connectivity index (χ4v) is 6.59. The van der Waals surface area contributed by atoms with E-state index in [1.54, 1.807) is 6.07 Å². The highest BCUT2D eigenvalue weighted by Crippen LogP contribution is 2.29. The molecule has 28 heavy (non-hydrogen) atoms. The number of rotatable bonds is 5. The molecule has 3 rings (SSSR count). The summed E-state index contributed by atoms with van der Waals surface area (Å²) in [4.78, 5) is 4.19. The molecule has 0 aliphatic carbocycles. The van der Waals surface area contributed by atoms with Crippen LogP contribution in [0.25, 0.3) is 0 Å². The van der Waals surface area contributed by atoms with Gasteiger partial charge in [0, 0.05) is 35.9 Å². The highest BCUT2D eigenvalue weighted by Gasteiger charge is 2.32. The van der Waals surface area contributed by atoms with Crippen molar-refractivity contribution in [2.45, 2.75) is 45.4 Å². The first kappa shape index (κ1) is 20.7. The number of aryl methyl sites for hydroxylation is 3. The van der Waals surface area contributed by atoms with Gasteiger partial charge >= 0.3 is 0 Å². The summed E-state index contributed by atoms with van der Waals surface area (Å²) < 4.78 is 27.5. The predicted molar refractivity (Wildman–Crippen MR) is 110 cm³/mol. The number of hydrogen-bond donors (Lipinski definition) is 0. The van der Waals surface area contributed by atoms with Gasteiger partial charge in [0.05, 0.1) is 10.6 Å². The molecular formula is C19H25N5O2S2. The zero-order valence-electron chi connectivity index (χ0n) is 16.7. The van der Waals surface area contributed by atoms with Crippen LogP contribution in [0.4, 0.5) is 5.82 Å². The van der Waals surface area contributed by atoms with Crippen LogP contribution in [0, 0.1) is 25.2 Å². The van der Waals surface area contributed by atoms with Gasteiger partial charge in [0.25, 0.3) is 0 Å². The standard InChI is InChI=1S/C19H25N5O2S2/c1-5-15-16(12-20)19(22-21-17(15)6-2)23-7-9-24(10-8-23)28(25,26)18-11-13(3)27-14(18)4/h11H,5-10H2,1-4H3. The average Bonchev–Trinajstić information content (AvgIpc) is 3.05. The molecule has 0 saturated carbocycles. The lowest BCUT2D eigenvalue weighted by Gasteiger charge is -2.35. The molecule has 150 valence electrons. The summed E-state index contributed by atoms with van der Waals surface area (Å²) in [6.45, 7) is 9.47. The Hall–Kier alpha value is -2.02. The number of hydrogen-bond acceptors (Lipinski definition) is 7. The highest BCUT2D eigenvalue weighted by molar-refractivity contribution is 7.89. The molecule has 2 aromatic rings. The second-order valence-electron chi connectivity index (χ2n) is 6.81. The van der Waals surface area contributed by atoms with Crippen molar-refractivity contribution in [1.82, 2.24) is 14.5 Å². The molecule has 0 bridgehead atoms. The molecular weight excluding hydrogens is 394 g/mol. The molecule has 0 radical (unpaired) electrons. The predicted octanol–water partition coefficient (Wildman–Crippen LogP) is 2.66. The molecule has 1 saturated heterocycles. The Morgan fingerprint density at radius 3 is 2.32 bits per heavy atom. The summed E-state index contributed by atoms with van der Waals surface area (Å²) >= 11 is 1.50. The normalized spacial score (nSPS) is 15.6. The molecule has 0 spiro atoms. The van der Waals surface area contributed by atoms with Crippen LogP contribution in [0.5, 0.6) is 0 Å². The van der Waals surface area contributed by atoms with Crippen LogP contribution in [-0.4, -0.2) is 49.1 Å². The zero-order valence-corrected chi connectivity index (χ0v) is 18.3. The van der Waals surface area contributed by atoms with Crippen LogP contribution in [-0.2, 0) is 22.9 Å². The lowest BCUT2D eigenvalue weighted by atomic mass is 10.0. The fourth-order valence-electron chi connectivity index (χ4n) is 3.64. The van der Waals surface area contributed by atoms with Crippen molar-refractivity contribution >= 4 is 27.2 Å². The van der Waals surface area contributed by atoms with Crippen LogP contribution in [0.3, 0.4) is 0 Å². The van der Waals surface area contributed by atoms with Crippen molar-refractivity contribution in [3.8, 4) is 6.07 Å². The van der Waals surface area contributed by atoms with E-state index < -0.39 is 10.0 Å². The third-order valence-corrected chi connectivity index (χ3v) is 8.21. The lowest BCUT2D eigenvalue weighted by Crippen LogP contribution is -2.49. The number of nitrogens with zero attached hydrogens (tertiary/aromatic N) is 5. The van der Waals surface area contributed by atoms with Crippen LogP contribution >= 0.6 is 11.3 Å². The Balaban J connectivity index is 1.83. The lowest BCUT2D eigenvalue weighted by molar-refractivity contribution is 0.383. The maximum atomic E-state index is 13.0. The number of sulfonamides is 1. The molecule has 0 atom stereocenters. The van der Waals surface area contributed by atoms with Crippen molar-refractivity contribution in [3.05, 3.63) is 32.6 Å². The fraction of sp³-hybridized carbons (Fsp3) is 0.526. The van der Waals surface area contributed by atoms with Gasteiger partial charge in [-0.05, 0) is 38.3 Å². The van der Waals surface area contributed by atoms with Gasteiger partial charge in [0.15, 0.2) is 5.82 Å². The van der Waals surface area contributed by atoms with Crippen molar-refractivity contribution in [2.24, 2.45) is 0 Å². The number of thiophene rings is 1. The van der Waals surface area contributed by atoms with Gasteiger partial charge in [-0.1, -0.05) is 13.8 Å². The topological polar surface area (TPSA) is 90.2 Å². The quantitative estimate of drug-likeness (QED) is 0.740. The molecule has 0 aromatic carbocycles. The molecule has 1 fully saturated rings. The highest BCUT2D eigenvalue weighted by atomic mass is 32.2. The SMILES string of the molecule is CCc1nnc(N2CCN(S(=O)(=O)c3cc(C)sc3C)CC2)c(C#N)c1CC. The Bertz CT molecular complexity index is 1020. The van der Waals surface area contributed by atoms with Gasteiger partial charge in [-0.15, -0.1) is 16.4 Å². The maximum Gasteiger partial charge on any atom is 0.244 e. The summed E-state index contributed by atoms with van der Waals surface area (Å²) in [6.07, 6.45) is 1.45. The summed E-state index contributed by atoms with van der Waals surface area (Å²) in [5.41, 5.74) is 2.36. The van der Waals surface area contributed by atoms with E-state index in [1.807, 2.05) is 32.6 Å². The Morgan fingerprint density at radius 1 is 1.14 bits per heavy atom. The minimum atomic E-state index is -3.50. The Labute approximate surface area is 170 Å². The van der Waals surface area contributed by atoms with Crippen molar-refractivity contribution in [1.29, 1.82) is 5.26 Å².